The van der Waals surface area contributed by atoms with E-state index in [0.29, 0.717) is 37.2 Å². The van der Waals surface area contributed by atoms with Gasteiger partial charge in [-0.2, -0.15) is 0 Å². The Hall–Kier alpha value is -1.84. The first kappa shape index (κ1) is 19.5. The van der Waals surface area contributed by atoms with Crippen LogP contribution >= 0.6 is 31.9 Å². The third-order valence-corrected chi connectivity index (χ3v) is 4.49. The molecule has 0 aliphatic rings. The van der Waals surface area contributed by atoms with Crippen molar-refractivity contribution in [3.8, 4) is 0 Å². The van der Waals surface area contributed by atoms with Crippen LogP contribution in [0.2, 0.25) is 0 Å². The van der Waals surface area contributed by atoms with E-state index in [1.165, 1.54) is 12.1 Å². The van der Waals surface area contributed by atoms with Crippen molar-refractivity contribution in [3.63, 3.8) is 0 Å². The first-order valence-corrected chi connectivity index (χ1v) is 8.90. The Kier molecular flexibility index (Phi) is 7.03. The second kappa shape index (κ2) is 9.02. The molecule has 0 bridgehead atoms. The van der Waals surface area contributed by atoms with Crippen molar-refractivity contribution < 1.29 is 14.6 Å². The van der Waals surface area contributed by atoms with Crippen LogP contribution in [-0.4, -0.2) is 23.1 Å². The molecule has 0 radical (unpaired) electrons. The largest absolute Gasteiger partial charge is 0.381 e. The van der Waals surface area contributed by atoms with Crippen LogP contribution in [0.1, 0.15) is 11.1 Å². The SMILES string of the molecule is O=[N+]([O-])c1ccc(Br)cc1CCOCCc1cc(Br)ccc1[N+](=O)[O-]. The molecular formula is C16H14Br2N2O5. The van der Waals surface area contributed by atoms with E-state index in [0.717, 1.165) is 8.95 Å². The zero-order valence-electron chi connectivity index (χ0n) is 13.0. The van der Waals surface area contributed by atoms with E-state index in [1.54, 1.807) is 24.3 Å². The molecule has 132 valence electrons. The van der Waals surface area contributed by atoms with Gasteiger partial charge in [-0.05, 0) is 24.3 Å². The lowest BCUT2D eigenvalue weighted by Gasteiger charge is -2.07. The number of halogens is 2. The van der Waals surface area contributed by atoms with Gasteiger partial charge in [-0.3, -0.25) is 20.2 Å². The Morgan fingerprint density at radius 2 is 1.20 bits per heavy atom. The zero-order chi connectivity index (χ0) is 18.4. The Morgan fingerprint density at radius 1 is 0.800 bits per heavy atom. The van der Waals surface area contributed by atoms with Crippen molar-refractivity contribution in [2.24, 2.45) is 0 Å². The minimum absolute atomic E-state index is 0.0504. The normalized spacial score (nSPS) is 10.6. The molecule has 0 atom stereocenters. The standard InChI is InChI=1S/C16H14Br2N2O5/c17-13-1-3-15(19(21)22)11(9-13)5-7-25-8-6-12-10-14(18)2-4-16(12)20(23)24/h1-4,9-10H,5-8H2. The summed E-state index contributed by atoms with van der Waals surface area (Å²) >= 11 is 6.59. The fourth-order valence-corrected chi connectivity index (χ4v) is 3.15. The highest BCUT2D eigenvalue weighted by Crippen LogP contribution is 2.25. The van der Waals surface area contributed by atoms with Gasteiger partial charge in [-0.25, -0.2) is 0 Å². The van der Waals surface area contributed by atoms with E-state index < -0.39 is 9.85 Å². The Labute approximate surface area is 160 Å². The molecular weight excluding hydrogens is 460 g/mol. The molecule has 0 aliphatic carbocycles. The molecule has 7 nitrogen and oxygen atoms in total. The first-order chi connectivity index (χ1) is 11.9. The number of benzene rings is 2. The summed E-state index contributed by atoms with van der Waals surface area (Å²) in [4.78, 5) is 21.2. The quantitative estimate of drug-likeness (QED) is 0.311. The van der Waals surface area contributed by atoms with Crippen LogP contribution in [0.4, 0.5) is 11.4 Å². The maximum Gasteiger partial charge on any atom is 0.272 e. The molecule has 9 heteroatoms. The van der Waals surface area contributed by atoms with E-state index in [1.807, 2.05) is 0 Å². The number of hydrogen-bond acceptors (Lipinski definition) is 5. The monoisotopic (exact) mass is 472 g/mol. The maximum atomic E-state index is 11.0. The number of ether oxygens (including phenoxy) is 1. The summed E-state index contributed by atoms with van der Waals surface area (Å²) in [6.45, 7) is 0.582. The molecule has 0 fully saturated rings. The van der Waals surface area contributed by atoms with E-state index in [-0.39, 0.29) is 11.4 Å². The average Bonchev–Trinajstić information content (AvgIpc) is 2.54. The van der Waals surface area contributed by atoms with Crippen LogP contribution in [0.5, 0.6) is 0 Å². The van der Waals surface area contributed by atoms with Gasteiger partial charge in [-0.15, -0.1) is 0 Å². The lowest BCUT2D eigenvalue weighted by Crippen LogP contribution is -2.06. The molecule has 25 heavy (non-hydrogen) atoms. The van der Waals surface area contributed by atoms with Crippen molar-refractivity contribution in [1.82, 2.24) is 0 Å². The molecule has 2 rings (SSSR count). The van der Waals surface area contributed by atoms with Crippen LogP contribution in [0.3, 0.4) is 0 Å². The maximum absolute atomic E-state index is 11.0. The Morgan fingerprint density at radius 3 is 1.56 bits per heavy atom. The van der Waals surface area contributed by atoms with Crippen molar-refractivity contribution in [2.75, 3.05) is 13.2 Å². The van der Waals surface area contributed by atoms with Crippen LogP contribution < -0.4 is 0 Å². The van der Waals surface area contributed by atoms with E-state index >= 15 is 0 Å². The molecule has 0 N–H and O–H groups in total. The molecule has 0 saturated carbocycles. The van der Waals surface area contributed by atoms with E-state index in [2.05, 4.69) is 31.9 Å². The van der Waals surface area contributed by atoms with Gasteiger partial charge < -0.3 is 4.74 Å². The summed E-state index contributed by atoms with van der Waals surface area (Å²) in [5.41, 5.74) is 1.25. The average molecular weight is 474 g/mol. The third-order valence-electron chi connectivity index (χ3n) is 3.51. The zero-order valence-corrected chi connectivity index (χ0v) is 16.2. The van der Waals surface area contributed by atoms with Gasteiger partial charge in [0.25, 0.3) is 11.4 Å². The van der Waals surface area contributed by atoms with Crippen molar-refractivity contribution in [2.45, 2.75) is 12.8 Å². The van der Waals surface area contributed by atoms with Gasteiger partial charge in [0.05, 0.1) is 23.1 Å². The summed E-state index contributed by atoms with van der Waals surface area (Å²) in [5.74, 6) is 0. The summed E-state index contributed by atoms with van der Waals surface area (Å²) < 4.78 is 7.04. The topological polar surface area (TPSA) is 95.5 Å². The molecule has 0 heterocycles. The van der Waals surface area contributed by atoms with Crippen LogP contribution in [0.15, 0.2) is 45.3 Å². The summed E-state index contributed by atoms with van der Waals surface area (Å²) in [7, 11) is 0. The number of nitro benzene ring substituents is 2. The van der Waals surface area contributed by atoms with Gasteiger partial charge in [0, 0.05) is 45.0 Å². The van der Waals surface area contributed by atoms with Gasteiger partial charge in [0.15, 0.2) is 0 Å². The fraction of sp³-hybridized carbons (Fsp3) is 0.250. The molecule has 0 amide bonds. The van der Waals surface area contributed by atoms with Gasteiger partial charge in [-0.1, -0.05) is 31.9 Å². The van der Waals surface area contributed by atoms with Crippen LogP contribution in [0, 0.1) is 20.2 Å². The fourth-order valence-electron chi connectivity index (χ4n) is 2.33. The Balaban J connectivity index is 1.91. The van der Waals surface area contributed by atoms with Crippen LogP contribution in [-0.2, 0) is 17.6 Å². The molecule has 2 aromatic rings. The minimum atomic E-state index is -0.424. The summed E-state index contributed by atoms with van der Waals surface area (Å²) in [5, 5.41) is 22.0. The van der Waals surface area contributed by atoms with Crippen molar-refractivity contribution >= 4 is 43.2 Å². The molecule has 0 unspecified atom stereocenters. The highest BCUT2D eigenvalue weighted by molar-refractivity contribution is 9.10. The smallest absolute Gasteiger partial charge is 0.272 e. The molecule has 0 saturated heterocycles. The predicted molar refractivity (Wildman–Crippen MR) is 99.8 cm³/mol. The van der Waals surface area contributed by atoms with Gasteiger partial charge in [0.2, 0.25) is 0 Å². The third kappa shape index (κ3) is 5.58. The molecule has 0 aliphatic heterocycles. The van der Waals surface area contributed by atoms with Gasteiger partial charge in [0.1, 0.15) is 0 Å². The summed E-state index contributed by atoms with van der Waals surface area (Å²) in [6.07, 6.45) is 0.770. The number of rotatable bonds is 8. The van der Waals surface area contributed by atoms with E-state index in [4.69, 9.17) is 4.74 Å². The summed E-state index contributed by atoms with van der Waals surface area (Å²) in [6, 6.07) is 9.53. The number of nitro groups is 2. The lowest BCUT2D eigenvalue weighted by molar-refractivity contribution is -0.385. The second-order valence-electron chi connectivity index (χ2n) is 5.17. The Bertz CT molecular complexity index is 733. The molecule has 2 aromatic carbocycles. The predicted octanol–water partition coefficient (Wildman–Crippen LogP) is 4.83. The van der Waals surface area contributed by atoms with Crippen molar-refractivity contribution in [1.29, 1.82) is 0 Å². The highest BCUT2D eigenvalue weighted by Gasteiger charge is 2.15. The first-order valence-electron chi connectivity index (χ1n) is 7.32. The van der Waals surface area contributed by atoms with Crippen LogP contribution in [0.25, 0.3) is 0 Å². The molecule has 0 aromatic heterocycles. The molecule has 0 spiro atoms. The highest BCUT2D eigenvalue weighted by atomic mass is 79.9. The number of hydrogen-bond donors (Lipinski definition) is 0. The number of nitrogens with zero attached hydrogens (tertiary/aromatic N) is 2. The van der Waals surface area contributed by atoms with Crippen molar-refractivity contribution in [3.05, 3.63) is 76.7 Å². The van der Waals surface area contributed by atoms with E-state index in [9.17, 15) is 20.2 Å². The second-order valence-corrected chi connectivity index (χ2v) is 7.00. The minimum Gasteiger partial charge on any atom is -0.381 e. The lowest BCUT2D eigenvalue weighted by atomic mass is 10.1. The van der Waals surface area contributed by atoms with Gasteiger partial charge >= 0.3 is 0 Å².